The summed E-state index contributed by atoms with van der Waals surface area (Å²) in [6, 6.07) is 10.1. The van der Waals surface area contributed by atoms with Gasteiger partial charge in [0.15, 0.2) is 5.65 Å². The van der Waals surface area contributed by atoms with Crippen LogP contribution in [0.5, 0.6) is 0 Å². The van der Waals surface area contributed by atoms with Crippen molar-refractivity contribution in [2.24, 2.45) is 0 Å². The van der Waals surface area contributed by atoms with Crippen LogP contribution in [-0.4, -0.2) is 22.0 Å². The lowest BCUT2D eigenvalue weighted by Gasteiger charge is -2.09. The molecule has 2 heterocycles. The maximum atomic E-state index is 5.63. The first kappa shape index (κ1) is 13.1. The van der Waals surface area contributed by atoms with Crippen molar-refractivity contribution in [3.05, 3.63) is 47.8 Å². The zero-order valence-corrected chi connectivity index (χ0v) is 11.9. The van der Waals surface area contributed by atoms with Gasteiger partial charge in [0.05, 0.1) is 0 Å². The van der Waals surface area contributed by atoms with Crippen molar-refractivity contribution in [3.63, 3.8) is 0 Å². The summed E-state index contributed by atoms with van der Waals surface area (Å²) in [7, 11) is 1.77. The van der Waals surface area contributed by atoms with Crippen molar-refractivity contribution >= 4 is 17.0 Å². The first-order valence-electron chi connectivity index (χ1n) is 6.61. The Bertz CT molecular complexity index is 862. The summed E-state index contributed by atoms with van der Waals surface area (Å²) in [5.74, 6) is 3.19. The van der Waals surface area contributed by atoms with Gasteiger partial charge in [0.2, 0.25) is 5.95 Å². The second-order valence-electron chi connectivity index (χ2n) is 4.70. The molecule has 3 aromatic rings. The van der Waals surface area contributed by atoms with Gasteiger partial charge in [-0.25, -0.2) is 9.97 Å². The van der Waals surface area contributed by atoms with Gasteiger partial charge in [-0.1, -0.05) is 24.3 Å². The monoisotopic (exact) mass is 274 g/mol. The molecule has 0 bridgehead atoms. The summed E-state index contributed by atoms with van der Waals surface area (Å²) in [4.78, 5) is 13.0. The van der Waals surface area contributed by atoms with E-state index in [0.29, 0.717) is 17.3 Å². The Balaban J connectivity index is 2.29. The summed E-state index contributed by atoms with van der Waals surface area (Å²) >= 11 is 0. The molecule has 0 atom stereocenters. The molecule has 3 rings (SSSR count). The molecule has 2 aromatic heterocycles. The third-order valence-electron chi connectivity index (χ3n) is 3.36. The van der Waals surface area contributed by atoms with E-state index in [4.69, 9.17) is 6.42 Å². The lowest BCUT2D eigenvalue weighted by Crippen LogP contribution is -1.99. The van der Waals surface area contributed by atoms with Crippen LogP contribution in [0, 0.1) is 19.3 Å². The van der Waals surface area contributed by atoms with E-state index in [2.05, 4.69) is 39.2 Å². The molecule has 21 heavy (non-hydrogen) atoms. The van der Waals surface area contributed by atoms with E-state index in [9.17, 15) is 0 Å². The molecule has 0 saturated heterocycles. The minimum absolute atomic E-state index is 0.529. The van der Waals surface area contributed by atoms with Gasteiger partial charge in [-0.2, -0.15) is 4.98 Å². The fraction of sp³-hybridized carbons (Fsp3) is 0.118. The van der Waals surface area contributed by atoms with Crippen LogP contribution in [0.3, 0.4) is 0 Å². The summed E-state index contributed by atoms with van der Waals surface area (Å²) in [5, 5.41) is 3.77. The third-order valence-corrected chi connectivity index (χ3v) is 3.36. The predicted octanol–water partition coefficient (Wildman–Crippen LogP) is 3.02. The van der Waals surface area contributed by atoms with Crippen LogP contribution in [0.1, 0.15) is 11.3 Å². The van der Waals surface area contributed by atoms with Crippen LogP contribution in [-0.2, 0) is 0 Å². The largest absolute Gasteiger partial charge is 0.357 e. The Kier molecular flexibility index (Phi) is 3.25. The number of rotatable bonds is 2. The molecular formula is C17H14N4. The van der Waals surface area contributed by atoms with Gasteiger partial charge in [0.25, 0.3) is 0 Å². The first-order valence-corrected chi connectivity index (χ1v) is 6.61. The van der Waals surface area contributed by atoms with E-state index in [0.717, 1.165) is 22.1 Å². The molecular weight excluding hydrogens is 260 g/mol. The first-order chi connectivity index (χ1) is 10.2. The molecule has 0 spiro atoms. The van der Waals surface area contributed by atoms with Crippen molar-refractivity contribution in [3.8, 4) is 23.5 Å². The van der Waals surface area contributed by atoms with Crippen LogP contribution >= 0.6 is 0 Å². The highest BCUT2D eigenvalue weighted by Crippen LogP contribution is 2.28. The molecule has 0 aliphatic carbocycles. The van der Waals surface area contributed by atoms with E-state index in [1.165, 1.54) is 0 Å². The Morgan fingerprint density at radius 3 is 2.67 bits per heavy atom. The van der Waals surface area contributed by atoms with Crippen molar-refractivity contribution < 1.29 is 0 Å². The lowest BCUT2D eigenvalue weighted by atomic mass is 9.98. The molecule has 0 amide bonds. The Labute approximate surface area is 123 Å². The van der Waals surface area contributed by atoms with E-state index in [1.54, 1.807) is 13.2 Å². The molecule has 1 N–H and O–H groups in total. The molecule has 0 radical (unpaired) electrons. The molecule has 0 aliphatic heterocycles. The fourth-order valence-electron chi connectivity index (χ4n) is 2.27. The molecule has 0 fully saturated rings. The van der Waals surface area contributed by atoms with Crippen LogP contribution in [0.4, 0.5) is 5.95 Å². The second-order valence-corrected chi connectivity index (χ2v) is 4.70. The van der Waals surface area contributed by atoms with Gasteiger partial charge in [-0.3, -0.25) is 0 Å². The normalized spacial score (nSPS) is 10.3. The average Bonchev–Trinajstić information content (AvgIpc) is 2.53. The van der Waals surface area contributed by atoms with E-state index >= 15 is 0 Å². The Morgan fingerprint density at radius 1 is 1.14 bits per heavy atom. The minimum Gasteiger partial charge on any atom is -0.357 e. The average molecular weight is 274 g/mol. The molecule has 0 unspecified atom stereocenters. The van der Waals surface area contributed by atoms with Crippen molar-refractivity contribution in [1.29, 1.82) is 0 Å². The molecule has 102 valence electrons. The van der Waals surface area contributed by atoms with Gasteiger partial charge in [0.1, 0.15) is 5.69 Å². The molecule has 0 aliphatic rings. The van der Waals surface area contributed by atoms with Crippen LogP contribution in [0.2, 0.25) is 0 Å². The standard InChI is InChI=1S/C17H14N4/c1-4-15-14(13-8-6-5-7-11(13)2)9-12-10-19-17(18-3)21-16(12)20-15/h1,5-10H,2-3H3,(H,18,19,20,21). The van der Waals surface area contributed by atoms with Gasteiger partial charge >= 0.3 is 0 Å². The number of nitrogens with zero attached hydrogens (tertiary/aromatic N) is 3. The van der Waals surface area contributed by atoms with Crippen molar-refractivity contribution in [2.75, 3.05) is 12.4 Å². The Morgan fingerprint density at radius 2 is 1.95 bits per heavy atom. The molecule has 0 saturated carbocycles. The van der Waals surface area contributed by atoms with Crippen molar-refractivity contribution in [2.45, 2.75) is 6.92 Å². The van der Waals surface area contributed by atoms with Crippen LogP contribution < -0.4 is 5.32 Å². The summed E-state index contributed by atoms with van der Waals surface area (Å²) in [6.07, 6.45) is 7.38. The maximum Gasteiger partial charge on any atom is 0.224 e. The van der Waals surface area contributed by atoms with Gasteiger partial charge in [-0.15, -0.1) is 6.42 Å². The summed E-state index contributed by atoms with van der Waals surface area (Å²) < 4.78 is 0. The zero-order valence-electron chi connectivity index (χ0n) is 11.9. The number of benzene rings is 1. The number of anilines is 1. The number of nitrogens with one attached hydrogen (secondary N) is 1. The van der Waals surface area contributed by atoms with E-state index in [1.807, 2.05) is 24.3 Å². The Hall–Kier alpha value is -2.93. The maximum absolute atomic E-state index is 5.63. The van der Waals surface area contributed by atoms with E-state index < -0.39 is 0 Å². The highest BCUT2D eigenvalue weighted by Gasteiger charge is 2.10. The second kappa shape index (κ2) is 5.22. The number of fused-ring (bicyclic) bond motifs is 1. The van der Waals surface area contributed by atoms with E-state index in [-0.39, 0.29) is 0 Å². The third kappa shape index (κ3) is 2.30. The summed E-state index contributed by atoms with van der Waals surface area (Å²) in [6.45, 7) is 2.06. The molecule has 4 nitrogen and oxygen atoms in total. The summed E-state index contributed by atoms with van der Waals surface area (Å²) in [5.41, 5.74) is 4.36. The van der Waals surface area contributed by atoms with Crippen LogP contribution in [0.15, 0.2) is 36.5 Å². The zero-order chi connectivity index (χ0) is 14.8. The lowest BCUT2D eigenvalue weighted by molar-refractivity contribution is 1.16. The molecule has 1 aromatic carbocycles. The van der Waals surface area contributed by atoms with Crippen molar-refractivity contribution in [1.82, 2.24) is 15.0 Å². The number of aryl methyl sites for hydroxylation is 1. The highest BCUT2D eigenvalue weighted by atomic mass is 15.1. The van der Waals surface area contributed by atoms with Gasteiger partial charge in [-0.05, 0) is 30.0 Å². The number of pyridine rings is 1. The SMILES string of the molecule is C#Cc1nc2nc(NC)ncc2cc1-c1ccccc1C. The number of hydrogen-bond acceptors (Lipinski definition) is 4. The van der Waals surface area contributed by atoms with Crippen LogP contribution in [0.25, 0.3) is 22.2 Å². The number of aromatic nitrogens is 3. The quantitative estimate of drug-likeness (QED) is 0.730. The minimum atomic E-state index is 0.529. The molecule has 4 heteroatoms. The smallest absolute Gasteiger partial charge is 0.224 e. The topological polar surface area (TPSA) is 50.7 Å². The van der Waals surface area contributed by atoms with Gasteiger partial charge in [0, 0.05) is 24.2 Å². The highest BCUT2D eigenvalue weighted by molar-refractivity contribution is 5.84. The number of hydrogen-bond donors (Lipinski definition) is 1. The van der Waals surface area contributed by atoms with Gasteiger partial charge < -0.3 is 5.32 Å². The predicted molar refractivity (Wildman–Crippen MR) is 85.0 cm³/mol. The number of terminal acetylenes is 1. The fourth-order valence-corrected chi connectivity index (χ4v) is 2.27.